The summed E-state index contributed by atoms with van der Waals surface area (Å²) in [6, 6.07) is 1.31. The molecule has 0 saturated heterocycles. The Kier molecular flexibility index (Phi) is 4.28. The fourth-order valence-corrected chi connectivity index (χ4v) is 3.16. The van der Waals surface area contributed by atoms with Crippen LogP contribution in [0.5, 0.6) is 5.75 Å². The zero-order chi connectivity index (χ0) is 16.4. The smallest absolute Gasteiger partial charge is 0.227 e. The molecule has 0 radical (unpaired) electrons. The maximum atomic E-state index is 12.0. The van der Waals surface area contributed by atoms with Crippen molar-refractivity contribution in [3.8, 4) is 5.75 Å². The number of allylic oxidation sites excluding steroid dienone is 4. The summed E-state index contributed by atoms with van der Waals surface area (Å²) in [5.74, 6) is -0.913. The standard InChI is InChI=1S/C18H18O5/c19-14-7-6-12(9-15(14)20)18-17(22)16(21)10-13(23-18)8-11-4-2-1-3-5-11/h6-7,9-11,22H,1-5,8H2. The summed E-state index contributed by atoms with van der Waals surface area (Å²) < 4.78 is 5.68. The lowest BCUT2D eigenvalue weighted by atomic mass is 9.86. The first-order valence-electron chi connectivity index (χ1n) is 7.89. The Labute approximate surface area is 133 Å². The molecule has 0 spiro atoms. The van der Waals surface area contributed by atoms with Crippen LogP contribution in [0.2, 0.25) is 0 Å². The minimum atomic E-state index is -0.692. The van der Waals surface area contributed by atoms with Gasteiger partial charge in [-0.1, -0.05) is 32.1 Å². The molecule has 1 aromatic rings. The lowest BCUT2D eigenvalue weighted by molar-refractivity contribution is -0.131. The van der Waals surface area contributed by atoms with Gasteiger partial charge in [0, 0.05) is 24.1 Å². The van der Waals surface area contributed by atoms with Crippen molar-refractivity contribution in [1.82, 2.24) is 0 Å². The van der Waals surface area contributed by atoms with Crippen molar-refractivity contribution in [3.05, 3.63) is 46.0 Å². The van der Waals surface area contributed by atoms with E-state index in [-0.39, 0.29) is 11.3 Å². The molecule has 0 atom stereocenters. The highest BCUT2D eigenvalue weighted by atomic mass is 16.4. The summed E-state index contributed by atoms with van der Waals surface area (Å²) in [7, 11) is 0. The van der Waals surface area contributed by atoms with Crippen molar-refractivity contribution < 1.29 is 19.1 Å². The van der Waals surface area contributed by atoms with E-state index < -0.39 is 22.7 Å². The van der Waals surface area contributed by atoms with Crippen molar-refractivity contribution in [2.45, 2.75) is 38.5 Å². The van der Waals surface area contributed by atoms with E-state index in [0.717, 1.165) is 25.0 Å². The molecule has 5 nitrogen and oxygen atoms in total. The minimum absolute atomic E-state index is 0.0413. The first-order valence-corrected chi connectivity index (χ1v) is 7.89. The van der Waals surface area contributed by atoms with Gasteiger partial charge in [0.2, 0.25) is 22.7 Å². The molecule has 1 N–H and O–H groups in total. The lowest BCUT2D eigenvalue weighted by Gasteiger charge is -2.21. The molecule has 1 aromatic heterocycles. The predicted octanol–water partition coefficient (Wildman–Crippen LogP) is 2.56. The van der Waals surface area contributed by atoms with Crippen LogP contribution in [-0.4, -0.2) is 16.7 Å². The Hall–Kier alpha value is -2.43. The number of aromatic hydroxyl groups is 1. The van der Waals surface area contributed by atoms with Crippen molar-refractivity contribution in [1.29, 1.82) is 0 Å². The molecule has 1 fully saturated rings. The molecule has 1 saturated carbocycles. The summed E-state index contributed by atoms with van der Waals surface area (Å²) in [5.41, 5.74) is -0.287. The second-order valence-electron chi connectivity index (χ2n) is 6.12. The molecular weight excluding hydrogens is 296 g/mol. The van der Waals surface area contributed by atoms with E-state index in [4.69, 9.17) is 4.42 Å². The SMILES string of the molecule is O=C1C=CC(c2oc(CC3CCCCC3)cc(=O)c2O)=CC1=O. The number of ketones is 2. The van der Waals surface area contributed by atoms with Gasteiger partial charge < -0.3 is 9.52 Å². The van der Waals surface area contributed by atoms with Crippen LogP contribution < -0.4 is 5.43 Å². The third-order valence-corrected chi connectivity index (χ3v) is 4.39. The summed E-state index contributed by atoms with van der Waals surface area (Å²) in [6.45, 7) is 0. The van der Waals surface area contributed by atoms with E-state index >= 15 is 0 Å². The topological polar surface area (TPSA) is 84.6 Å². The van der Waals surface area contributed by atoms with E-state index in [9.17, 15) is 19.5 Å². The Morgan fingerprint density at radius 1 is 1.04 bits per heavy atom. The van der Waals surface area contributed by atoms with Crippen LogP contribution in [0.25, 0.3) is 5.57 Å². The molecule has 0 amide bonds. The summed E-state index contributed by atoms with van der Waals surface area (Å²) in [5, 5.41) is 9.96. The molecule has 2 aliphatic carbocycles. The number of carbonyl (C=O) groups excluding carboxylic acids is 2. The van der Waals surface area contributed by atoms with Gasteiger partial charge in [0.25, 0.3) is 0 Å². The minimum Gasteiger partial charge on any atom is -0.502 e. The predicted molar refractivity (Wildman–Crippen MR) is 84.1 cm³/mol. The third kappa shape index (κ3) is 3.33. The van der Waals surface area contributed by atoms with Crippen molar-refractivity contribution in [2.75, 3.05) is 0 Å². The number of carbonyl (C=O) groups is 2. The third-order valence-electron chi connectivity index (χ3n) is 4.39. The normalized spacial score (nSPS) is 19.0. The van der Waals surface area contributed by atoms with Gasteiger partial charge in [0.1, 0.15) is 5.76 Å². The fraction of sp³-hybridized carbons (Fsp3) is 0.389. The molecule has 2 aliphatic rings. The molecule has 5 heteroatoms. The van der Waals surface area contributed by atoms with Gasteiger partial charge in [-0.15, -0.1) is 0 Å². The van der Waals surface area contributed by atoms with E-state index in [2.05, 4.69) is 0 Å². The summed E-state index contributed by atoms with van der Waals surface area (Å²) >= 11 is 0. The summed E-state index contributed by atoms with van der Waals surface area (Å²) in [4.78, 5) is 34.7. The van der Waals surface area contributed by atoms with Crippen LogP contribution in [0.1, 0.15) is 43.6 Å². The fourth-order valence-electron chi connectivity index (χ4n) is 3.16. The van der Waals surface area contributed by atoms with Gasteiger partial charge in [-0.3, -0.25) is 14.4 Å². The maximum Gasteiger partial charge on any atom is 0.227 e. The highest BCUT2D eigenvalue weighted by Gasteiger charge is 2.22. The van der Waals surface area contributed by atoms with Gasteiger partial charge in [0.05, 0.1) is 0 Å². The lowest BCUT2D eigenvalue weighted by Crippen LogP contribution is -2.14. The Morgan fingerprint density at radius 2 is 1.78 bits per heavy atom. The van der Waals surface area contributed by atoms with Crippen LogP contribution in [0.15, 0.2) is 33.5 Å². The first kappa shape index (κ1) is 15.5. The number of hydrogen-bond acceptors (Lipinski definition) is 5. The molecule has 3 rings (SSSR count). The largest absolute Gasteiger partial charge is 0.502 e. The molecule has 23 heavy (non-hydrogen) atoms. The van der Waals surface area contributed by atoms with Crippen molar-refractivity contribution in [2.24, 2.45) is 5.92 Å². The maximum absolute atomic E-state index is 12.0. The summed E-state index contributed by atoms with van der Waals surface area (Å²) in [6.07, 6.45) is 10.1. The van der Waals surface area contributed by atoms with Gasteiger partial charge in [-0.25, -0.2) is 0 Å². The average Bonchev–Trinajstić information content (AvgIpc) is 2.54. The first-order chi connectivity index (χ1) is 11.0. The number of hydrogen-bond donors (Lipinski definition) is 1. The Morgan fingerprint density at radius 3 is 2.48 bits per heavy atom. The second-order valence-corrected chi connectivity index (χ2v) is 6.12. The molecule has 0 bridgehead atoms. The van der Waals surface area contributed by atoms with Crippen LogP contribution in [0.3, 0.4) is 0 Å². The Bertz CT molecular complexity index is 760. The quantitative estimate of drug-likeness (QED) is 0.684. The highest BCUT2D eigenvalue weighted by Crippen LogP contribution is 2.30. The second kappa shape index (κ2) is 6.36. The monoisotopic (exact) mass is 314 g/mol. The molecule has 0 aromatic carbocycles. The van der Waals surface area contributed by atoms with Crippen LogP contribution >= 0.6 is 0 Å². The molecule has 120 valence electrons. The van der Waals surface area contributed by atoms with E-state index in [1.165, 1.54) is 31.4 Å². The number of rotatable bonds is 3. The molecule has 1 heterocycles. The van der Waals surface area contributed by atoms with Gasteiger partial charge in [-0.2, -0.15) is 0 Å². The van der Waals surface area contributed by atoms with Crippen LogP contribution in [-0.2, 0) is 16.0 Å². The molecule has 0 aliphatic heterocycles. The zero-order valence-electron chi connectivity index (χ0n) is 12.7. The van der Waals surface area contributed by atoms with E-state index in [0.29, 0.717) is 18.1 Å². The highest BCUT2D eigenvalue weighted by molar-refractivity contribution is 6.48. The van der Waals surface area contributed by atoms with Crippen LogP contribution in [0.4, 0.5) is 0 Å². The van der Waals surface area contributed by atoms with Crippen LogP contribution in [0, 0.1) is 5.92 Å². The molecular formula is C18H18O5. The Balaban J connectivity index is 1.92. The van der Waals surface area contributed by atoms with Gasteiger partial charge >= 0.3 is 0 Å². The zero-order valence-corrected chi connectivity index (χ0v) is 12.7. The van der Waals surface area contributed by atoms with Crippen molar-refractivity contribution >= 4 is 17.1 Å². The van der Waals surface area contributed by atoms with E-state index in [1.807, 2.05) is 0 Å². The van der Waals surface area contributed by atoms with Gasteiger partial charge in [-0.05, 0) is 18.1 Å². The van der Waals surface area contributed by atoms with E-state index in [1.54, 1.807) is 0 Å². The van der Waals surface area contributed by atoms with Gasteiger partial charge in [0.15, 0.2) is 5.76 Å². The average molecular weight is 314 g/mol. The van der Waals surface area contributed by atoms with Crippen molar-refractivity contribution in [3.63, 3.8) is 0 Å². The molecule has 0 unspecified atom stereocenters.